The summed E-state index contributed by atoms with van der Waals surface area (Å²) >= 11 is 0. The highest BCUT2D eigenvalue weighted by atomic mass is 19.3. The summed E-state index contributed by atoms with van der Waals surface area (Å²) in [7, 11) is 0. The van der Waals surface area contributed by atoms with Gasteiger partial charge in [-0.1, -0.05) is 26.2 Å². The minimum absolute atomic E-state index is 0.350. The molecule has 18 heavy (non-hydrogen) atoms. The fourth-order valence-corrected chi connectivity index (χ4v) is 3.01. The van der Waals surface area contributed by atoms with Crippen molar-refractivity contribution in [2.45, 2.75) is 63.5 Å². The van der Waals surface area contributed by atoms with E-state index in [1.54, 1.807) is 0 Å². The Morgan fingerprint density at radius 3 is 2.72 bits per heavy atom. The third-order valence-corrected chi connectivity index (χ3v) is 4.10. The fourth-order valence-electron chi connectivity index (χ4n) is 3.01. The Kier molecular flexibility index (Phi) is 4.20. The minimum atomic E-state index is -3.29. The molecule has 1 saturated carbocycles. The number of nitrogens with one attached hydrogen (secondary N) is 1. The highest BCUT2D eigenvalue weighted by Gasteiger charge is 2.50. The lowest BCUT2D eigenvalue weighted by Gasteiger charge is -2.32. The standard InChI is InChI=1S/C13H21F2NO2/c1-2-9-5-3-4-6-11(9)16-8-10-7-13(14,15)12(17)18-10/h9-11,16H,2-8H2,1H3. The molecular formula is C13H21F2NO2. The van der Waals surface area contributed by atoms with Crippen molar-refractivity contribution in [3.8, 4) is 0 Å². The summed E-state index contributed by atoms with van der Waals surface area (Å²) in [5.41, 5.74) is 0. The predicted molar refractivity (Wildman–Crippen MR) is 63.5 cm³/mol. The van der Waals surface area contributed by atoms with Crippen LogP contribution in [0.5, 0.6) is 0 Å². The largest absolute Gasteiger partial charge is 0.456 e. The van der Waals surface area contributed by atoms with Gasteiger partial charge in [0.1, 0.15) is 6.10 Å². The number of carbonyl (C=O) groups excluding carboxylic acids is 1. The number of hydrogen-bond donors (Lipinski definition) is 1. The maximum Gasteiger partial charge on any atom is 0.377 e. The first kappa shape index (κ1) is 13.7. The number of halogens is 2. The lowest BCUT2D eigenvalue weighted by molar-refractivity contribution is -0.159. The van der Waals surface area contributed by atoms with Crippen LogP contribution in [-0.2, 0) is 9.53 Å². The van der Waals surface area contributed by atoms with Crippen LogP contribution in [0.4, 0.5) is 8.78 Å². The molecule has 0 amide bonds. The van der Waals surface area contributed by atoms with Gasteiger partial charge in [0.15, 0.2) is 0 Å². The molecule has 2 rings (SSSR count). The molecule has 3 unspecified atom stereocenters. The first-order chi connectivity index (χ1) is 8.53. The van der Waals surface area contributed by atoms with Gasteiger partial charge >= 0.3 is 11.9 Å². The zero-order chi connectivity index (χ0) is 13.2. The summed E-state index contributed by atoms with van der Waals surface area (Å²) in [5.74, 6) is -4.04. The normalized spacial score (nSPS) is 35.5. The predicted octanol–water partition coefficient (Wildman–Crippen LogP) is 2.50. The molecule has 0 aromatic carbocycles. The number of cyclic esters (lactones) is 1. The average Bonchev–Trinajstić information content (AvgIpc) is 2.61. The zero-order valence-corrected chi connectivity index (χ0v) is 10.8. The summed E-state index contributed by atoms with van der Waals surface area (Å²) in [5, 5.41) is 3.31. The van der Waals surface area contributed by atoms with Crippen molar-refractivity contribution in [2.24, 2.45) is 5.92 Å². The number of hydrogen-bond acceptors (Lipinski definition) is 3. The van der Waals surface area contributed by atoms with Crippen LogP contribution >= 0.6 is 0 Å². The molecular weight excluding hydrogens is 240 g/mol. The number of alkyl halides is 2. The average molecular weight is 261 g/mol. The molecule has 5 heteroatoms. The third-order valence-electron chi connectivity index (χ3n) is 4.10. The van der Waals surface area contributed by atoms with E-state index in [0.29, 0.717) is 18.5 Å². The number of carbonyl (C=O) groups is 1. The molecule has 104 valence electrons. The highest BCUT2D eigenvalue weighted by Crippen LogP contribution is 2.31. The van der Waals surface area contributed by atoms with Crippen LogP contribution in [0.1, 0.15) is 45.4 Å². The second-order valence-electron chi connectivity index (χ2n) is 5.40. The quantitative estimate of drug-likeness (QED) is 0.790. The van der Waals surface area contributed by atoms with E-state index in [9.17, 15) is 13.6 Å². The molecule has 0 aromatic rings. The molecule has 0 aromatic heterocycles. The van der Waals surface area contributed by atoms with Crippen molar-refractivity contribution in [1.82, 2.24) is 5.32 Å². The maximum absolute atomic E-state index is 13.0. The molecule has 3 nitrogen and oxygen atoms in total. The first-order valence-corrected chi connectivity index (χ1v) is 6.85. The van der Waals surface area contributed by atoms with Gasteiger partial charge in [0.05, 0.1) is 6.42 Å². The van der Waals surface area contributed by atoms with Crippen molar-refractivity contribution < 1.29 is 18.3 Å². The molecule has 1 aliphatic carbocycles. The first-order valence-electron chi connectivity index (χ1n) is 6.85. The van der Waals surface area contributed by atoms with E-state index in [4.69, 9.17) is 0 Å². The Morgan fingerprint density at radius 1 is 1.39 bits per heavy atom. The van der Waals surface area contributed by atoms with Crippen molar-refractivity contribution in [3.63, 3.8) is 0 Å². The Morgan fingerprint density at radius 2 is 2.11 bits per heavy atom. The van der Waals surface area contributed by atoms with E-state index >= 15 is 0 Å². The zero-order valence-electron chi connectivity index (χ0n) is 10.8. The van der Waals surface area contributed by atoms with Gasteiger partial charge in [-0.15, -0.1) is 0 Å². The van der Waals surface area contributed by atoms with E-state index in [1.807, 2.05) is 0 Å². The lowest BCUT2D eigenvalue weighted by atomic mass is 9.83. The number of esters is 1. The Labute approximate surface area is 106 Å². The Hall–Kier alpha value is -0.710. The monoisotopic (exact) mass is 261 g/mol. The van der Waals surface area contributed by atoms with Crippen LogP contribution in [-0.4, -0.2) is 30.6 Å². The molecule has 1 heterocycles. The molecule has 2 aliphatic rings. The third kappa shape index (κ3) is 2.99. The van der Waals surface area contributed by atoms with E-state index in [0.717, 1.165) is 12.8 Å². The van der Waals surface area contributed by atoms with Crippen molar-refractivity contribution >= 4 is 5.97 Å². The van der Waals surface area contributed by atoms with Crippen LogP contribution in [0.25, 0.3) is 0 Å². The van der Waals surface area contributed by atoms with Crippen molar-refractivity contribution in [3.05, 3.63) is 0 Å². The van der Waals surface area contributed by atoms with Gasteiger partial charge in [-0.25, -0.2) is 4.79 Å². The maximum atomic E-state index is 13.0. The molecule has 0 bridgehead atoms. The van der Waals surface area contributed by atoms with Gasteiger partial charge in [0.25, 0.3) is 0 Å². The summed E-state index contributed by atoms with van der Waals surface area (Å²) in [6.45, 7) is 2.51. The molecule has 3 atom stereocenters. The molecule has 0 spiro atoms. The fraction of sp³-hybridized carbons (Fsp3) is 0.923. The smallest absolute Gasteiger partial charge is 0.377 e. The van der Waals surface area contributed by atoms with Crippen LogP contribution in [0.2, 0.25) is 0 Å². The summed E-state index contributed by atoms with van der Waals surface area (Å²) in [6, 6.07) is 0.386. The van der Waals surface area contributed by atoms with Crippen molar-refractivity contribution in [2.75, 3.05) is 6.54 Å². The van der Waals surface area contributed by atoms with E-state index in [1.165, 1.54) is 19.3 Å². The van der Waals surface area contributed by atoms with E-state index < -0.39 is 24.4 Å². The van der Waals surface area contributed by atoms with E-state index in [-0.39, 0.29) is 0 Å². The Bertz CT molecular complexity index is 309. The van der Waals surface area contributed by atoms with Crippen LogP contribution < -0.4 is 5.32 Å². The van der Waals surface area contributed by atoms with Gasteiger partial charge in [0.2, 0.25) is 0 Å². The Balaban J connectivity index is 1.79. The lowest BCUT2D eigenvalue weighted by Crippen LogP contribution is -2.42. The summed E-state index contributed by atoms with van der Waals surface area (Å²) in [4.78, 5) is 10.9. The molecule has 0 radical (unpaired) electrons. The molecule has 1 aliphatic heterocycles. The second kappa shape index (κ2) is 5.51. The van der Waals surface area contributed by atoms with Crippen LogP contribution in [0.3, 0.4) is 0 Å². The minimum Gasteiger partial charge on any atom is -0.456 e. The van der Waals surface area contributed by atoms with E-state index in [2.05, 4.69) is 17.0 Å². The second-order valence-corrected chi connectivity index (χ2v) is 5.40. The SMILES string of the molecule is CCC1CCCCC1NCC1CC(F)(F)C(=O)O1. The van der Waals surface area contributed by atoms with Crippen molar-refractivity contribution in [1.29, 1.82) is 0 Å². The van der Waals surface area contributed by atoms with Crippen LogP contribution in [0.15, 0.2) is 0 Å². The topological polar surface area (TPSA) is 38.3 Å². The van der Waals surface area contributed by atoms with Gasteiger partial charge in [-0.05, 0) is 18.8 Å². The van der Waals surface area contributed by atoms with Gasteiger partial charge in [-0.2, -0.15) is 8.78 Å². The molecule has 1 N–H and O–H groups in total. The number of rotatable bonds is 4. The summed E-state index contributed by atoms with van der Waals surface area (Å²) in [6.07, 6.45) is 4.69. The van der Waals surface area contributed by atoms with Gasteiger partial charge in [-0.3, -0.25) is 0 Å². The highest BCUT2D eigenvalue weighted by molar-refractivity contribution is 5.79. The molecule has 2 fully saturated rings. The molecule has 1 saturated heterocycles. The van der Waals surface area contributed by atoms with Gasteiger partial charge in [0, 0.05) is 12.6 Å². The summed E-state index contributed by atoms with van der Waals surface area (Å²) < 4.78 is 30.7. The van der Waals surface area contributed by atoms with Gasteiger partial charge < -0.3 is 10.1 Å². The number of ether oxygens (including phenoxy) is 1. The van der Waals surface area contributed by atoms with Crippen LogP contribution in [0, 0.1) is 5.92 Å².